The van der Waals surface area contributed by atoms with E-state index in [4.69, 9.17) is 0 Å². The predicted octanol–water partition coefficient (Wildman–Crippen LogP) is 4.60. The Morgan fingerprint density at radius 2 is 1.39 bits per heavy atom. The minimum atomic E-state index is 0.345. The second kappa shape index (κ2) is 8.01. The molecule has 0 saturated heterocycles. The van der Waals surface area contributed by atoms with Crippen LogP contribution in [0.1, 0.15) is 17.2 Å². The standard InChI is InChI=1S/C21H21NSe/c1-17-10-8-9-15-20(17)22-21(18-11-4-2-5-12-18)16-23-19-13-6-3-7-14-19/h2-15,21-22H,16H2,1H3. The van der Waals surface area contributed by atoms with Gasteiger partial charge in [0.05, 0.1) is 0 Å². The summed E-state index contributed by atoms with van der Waals surface area (Å²) in [5, 5.41) is 4.88. The molecular formula is C21H21NSe. The van der Waals surface area contributed by atoms with Crippen LogP contribution in [0, 0.1) is 6.92 Å². The maximum absolute atomic E-state index is 3.75. The Hall–Kier alpha value is -2.02. The molecule has 2 heteroatoms. The van der Waals surface area contributed by atoms with Crippen LogP contribution >= 0.6 is 0 Å². The van der Waals surface area contributed by atoms with Crippen molar-refractivity contribution in [3.8, 4) is 0 Å². The van der Waals surface area contributed by atoms with Crippen LogP contribution in [0.2, 0.25) is 5.32 Å². The summed E-state index contributed by atoms with van der Waals surface area (Å²) in [7, 11) is 0. The number of rotatable bonds is 6. The van der Waals surface area contributed by atoms with Crippen LogP contribution in [0.4, 0.5) is 5.69 Å². The molecule has 0 saturated carbocycles. The average Bonchev–Trinajstić information content (AvgIpc) is 2.62. The summed E-state index contributed by atoms with van der Waals surface area (Å²) in [5.41, 5.74) is 3.87. The fourth-order valence-electron chi connectivity index (χ4n) is 2.53. The fraction of sp³-hybridized carbons (Fsp3) is 0.143. The van der Waals surface area contributed by atoms with E-state index < -0.39 is 0 Å². The van der Waals surface area contributed by atoms with Gasteiger partial charge in [-0.1, -0.05) is 0 Å². The first-order valence-electron chi connectivity index (χ1n) is 7.88. The van der Waals surface area contributed by atoms with Crippen LogP contribution < -0.4 is 9.78 Å². The van der Waals surface area contributed by atoms with Gasteiger partial charge in [-0.2, -0.15) is 0 Å². The van der Waals surface area contributed by atoms with Crippen molar-refractivity contribution in [3.63, 3.8) is 0 Å². The van der Waals surface area contributed by atoms with Gasteiger partial charge in [-0.25, -0.2) is 0 Å². The molecule has 0 aliphatic heterocycles. The molecule has 1 nitrogen and oxygen atoms in total. The Morgan fingerprint density at radius 1 is 0.783 bits per heavy atom. The first-order chi connectivity index (χ1) is 11.3. The van der Waals surface area contributed by atoms with Gasteiger partial charge in [-0.15, -0.1) is 0 Å². The van der Waals surface area contributed by atoms with Crippen LogP contribution in [0.5, 0.6) is 0 Å². The Bertz CT molecular complexity index is 725. The molecule has 1 unspecified atom stereocenters. The average molecular weight is 366 g/mol. The van der Waals surface area contributed by atoms with Gasteiger partial charge in [0.25, 0.3) is 0 Å². The summed E-state index contributed by atoms with van der Waals surface area (Å²) in [5.74, 6) is 0. The van der Waals surface area contributed by atoms with Crippen LogP contribution in [0.15, 0.2) is 84.9 Å². The number of hydrogen-bond acceptors (Lipinski definition) is 1. The van der Waals surface area contributed by atoms with Gasteiger partial charge in [-0.05, 0) is 0 Å². The van der Waals surface area contributed by atoms with Gasteiger partial charge in [-0.3, -0.25) is 0 Å². The van der Waals surface area contributed by atoms with E-state index in [1.54, 1.807) is 0 Å². The van der Waals surface area contributed by atoms with Crippen molar-refractivity contribution in [2.75, 3.05) is 5.32 Å². The summed E-state index contributed by atoms with van der Waals surface area (Å²) in [6, 6.07) is 30.4. The van der Waals surface area contributed by atoms with E-state index in [2.05, 4.69) is 97.2 Å². The third kappa shape index (κ3) is 4.48. The second-order valence-electron chi connectivity index (χ2n) is 5.55. The molecule has 0 heterocycles. The van der Waals surface area contributed by atoms with E-state index in [0.717, 1.165) is 5.32 Å². The zero-order valence-electron chi connectivity index (χ0n) is 13.3. The summed E-state index contributed by atoms with van der Waals surface area (Å²) in [4.78, 5) is 0. The van der Waals surface area contributed by atoms with Gasteiger partial charge in [0.1, 0.15) is 0 Å². The molecule has 1 N–H and O–H groups in total. The zero-order chi connectivity index (χ0) is 15.9. The Labute approximate surface area is 144 Å². The van der Waals surface area contributed by atoms with Crippen LogP contribution in [0.3, 0.4) is 0 Å². The van der Waals surface area contributed by atoms with Crippen molar-refractivity contribution in [1.82, 2.24) is 0 Å². The van der Waals surface area contributed by atoms with Crippen molar-refractivity contribution in [2.45, 2.75) is 18.3 Å². The van der Waals surface area contributed by atoms with Crippen molar-refractivity contribution in [2.24, 2.45) is 0 Å². The summed E-state index contributed by atoms with van der Waals surface area (Å²) >= 11 is 0.456. The number of benzene rings is 3. The van der Waals surface area contributed by atoms with Gasteiger partial charge in [0.15, 0.2) is 0 Å². The molecule has 3 aromatic rings. The molecule has 3 aromatic carbocycles. The van der Waals surface area contributed by atoms with E-state index in [1.807, 2.05) is 0 Å². The van der Waals surface area contributed by atoms with Crippen molar-refractivity contribution in [1.29, 1.82) is 0 Å². The first kappa shape index (κ1) is 15.9. The summed E-state index contributed by atoms with van der Waals surface area (Å²) in [6.45, 7) is 2.16. The zero-order valence-corrected chi connectivity index (χ0v) is 15.0. The van der Waals surface area contributed by atoms with Crippen molar-refractivity contribution >= 4 is 25.1 Å². The monoisotopic (exact) mass is 367 g/mol. The Kier molecular flexibility index (Phi) is 5.52. The summed E-state index contributed by atoms with van der Waals surface area (Å²) in [6.07, 6.45) is 0. The molecule has 0 aromatic heterocycles. The minimum absolute atomic E-state index is 0.345. The van der Waals surface area contributed by atoms with Crippen molar-refractivity contribution < 1.29 is 0 Å². The van der Waals surface area contributed by atoms with E-state index >= 15 is 0 Å². The number of aryl methyl sites for hydroxylation is 1. The van der Waals surface area contributed by atoms with Gasteiger partial charge < -0.3 is 0 Å². The topological polar surface area (TPSA) is 12.0 Å². The molecule has 23 heavy (non-hydrogen) atoms. The second-order valence-corrected chi connectivity index (χ2v) is 7.84. The Morgan fingerprint density at radius 3 is 2.09 bits per heavy atom. The molecule has 0 spiro atoms. The van der Waals surface area contributed by atoms with E-state index in [1.165, 1.54) is 21.3 Å². The third-order valence-electron chi connectivity index (χ3n) is 3.84. The van der Waals surface area contributed by atoms with Gasteiger partial charge >= 0.3 is 145 Å². The van der Waals surface area contributed by atoms with Gasteiger partial charge in [0, 0.05) is 0 Å². The van der Waals surface area contributed by atoms with Crippen LogP contribution in [0.25, 0.3) is 0 Å². The van der Waals surface area contributed by atoms with Crippen molar-refractivity contribution in [3.05, 3.63) is 96.1 Å². The fourth-order valence-corrected chi connectivity index (χ4v) is 4.59. The predicted molar refractivity (Wildman–Crippen MR) is 101 cm³/mol. The first-order valence-corrected chi connectivity index (χ1v) is 9.94. The number of anilines is 1. The summed E-state index contributed by atoms with van der Waals surface area (Å²) < 4.78 is 1.45. The molecule has 0 bridgehead atoms. The maximum atomic E-state index is 3.75. The normalized spacial score (nSPS) is 11.9. The molecule has 0 radical (unpaired) electrons. The third-order valence-corrected chi connectivity index (χ3v) is 6.16. The van der Waals surface area contributed by atoms with E-state index in [0.29, 0.717) is 21.0 Å². The number of hydrogen-bond donors (Lipinski definition) is 1. The molecule has 0 fully saturated rings. The molecule has 116 valence electrons. The molecule has 3 rings (SSSR count). The van der Waals surface area contributed by atoms with Gasteiger partial charge in [0.2, 0.25) is 0 Å². The number of nitrogens with one attached hydrogen (secondary N) is 1. The van der Waals surface area contributed by atoms with E-state index in [-0.39, 0.29) is 0 Å². The number of para-hydroxylation sites is 1. The Balaban J connectivity index is 1.78. The molecule has 1 atom stereocenters. The van der Waals surface area contributed by atoms with Crippen LogP contribution in [-0.2, 0) is 0 Å². The van der Waals surface area contributed by atoms with Crippen LogP contribution in [-0.4, -0.2) is 15.0 Å². The molecule has 0 aliphatic carbocycles. The molecule has 0 aliphatic rings. The van der Waals surface area contributed by atoms with E-state index in [9.17, 15) is 0 Å². The molecular weight excluding hydrogens is 345 g/mol. The quantitative estimate of drug-likeness (QED) is 0.629. The molecule has 0 amide bonds. The SMILES string of the molecule is Cc1ccccc1NC(C[Se]c1ccccc1)c1ccccc1.